The van der Waals surface area contributed by atoms with Crippen LogP contribution in [0.15, 0.2) is 35.3 Å². The molecule has 9 heteroatoms. The van der Waals surface area contributed by atoms with Crippen molar-refractivity contribution in [1.29, 1.82) is 0 Å². The number of hydrogen-bond acceptors (Lipinski definition) is 8. The first kappa shape index (κ1) is 16.0. The number of hydrogen-bond donors (Lipinski definition) is 3. The van der Waals surface area contributed by atoms with Gasteiger partial charge in [0.05, 0.1) is 18.5 Å². The molecule has 0 spiro atoms. The number of rotatable bonds is 3. The molecule has 4 atom stereocenters. The standard InChI is InChI=1S/C16H17N3O6/c1-23-13-12(21)11(7-20)25-15(13)19-6-10-14(18-16(19)22)17-8-4-2-3-5-9(8)24-10/h2-6,11-13,15,20-21H,7H2,1H3,(H,17,18,22)/t11-,12-,13-,15-/m1/s1. The van der Waals surface area contributed by atoms with Gasteiger partial charge >= 0.3 is 5.69 Å². The van der Waals surface area contributed by atoms with Crippen molar-refractivity contribution < 1.29 is 24.4 Å². The number of benzene rings is 1. The Morgan fingerprint density at radius 2 is 2.16 bits per heavy atom. The molecule has 3 N–H and O–H groups in total. The van der Waals surface area contributed by atoms with Crippen LogP contribution in [0.5, 0.6) is 11.5 Å². The lowest BCUT2D eigenvalue weighted by atomic mass is 10.1. The first-order valence-electron chi connectivity index (χ1n) is 7.76. The Hall–Kier alpha value is -2.46. The number of ether oxygens (including phenoxy) is 3. The molecule has 0 bridgehead atoms. The first-order valence-corrected chi connectivity index (χ1v) is 7.76. The fourth-order valence-electron chi connectivity index (χ4n) is 3.05. The minimum Gasteiger partial charge on any atom is -0.450 e. The van der Waals surface area contributed by atoms with Crippen LogP contribution in [-0.4, -0.2) is 51.8 Å². The van der Waals surface area contributed by atoms with Crippen LogP contribution in [-0.2, 0) is 9.47 Å². The zero-order chi connectivity index (χ0) is 17.6. The Labute approximate surface area is 142 Å². The number of nitrogens with one attached hydrogen (secondary N) is 1. The second-order valence-corrected chi connectivity index (χ2v) is 5.81. The number of aliphatic hydroxyl groups is 2. The average molecular weight is 347 g/mol. The van der Waals surface area contributed by atoms with Crippen LogP contribution in [0.4, 0.5) is 11.5 Å². The van der Waals surface area contributed by atoms with Gasteiger partial charge in [0.2, 0.25) is 0 Å². The van der Waals surface area contributed by atoms with Gasteiger partial charge in [0.1, 0.15) is 18.3 Å². The molecule has 2 aliphatic heterocycles. The Balaban J connectivity index is 1.72. The van der Waals surface area contributed by atoms with Crippen molar-refractivity contribution in [2.75, 3.05) is 19.0 Å². The van der Waals surface area contributed by atoms with Crippen molar-refractivity contribution in [2.24, 2.45) is 0 Å². The summed E-state index contributed by atoms with van der Waals surface area (Å²) in [6.07, 6.45) is -2.21. The van der Waals surface area contributed by atoms with Crippen LogP contribution in [0.2, 0.25) is 0 Å². The third kappa shape index (κ3) is 2.57. The highest BCUT2D eigenvalue weighted by Gasteiger charge is 2.45. The van der Waals surface area contributed by atoms with Crippen molar-refractivity contribution >= 4 is 11.5 Å². The third-order valence-corrected chi connectivity index (χ3v) is 4.32. The quantitative estimate of drug-likeness (QED) is 0.622. The molecule has 1 aromatic heterocycles. The van der Waals surface area contributed by atoms with E-state index in [9.17, 15) is 15.0 Å². The van der Waals surface area contributed by atoms with Gasteiger partial charge < -0.3 is 29.7 Å². The summed E-state index contributed by atoms with van der Waals surface area (Å²) in [6.45, 7) is -0.393. The highest BCUT2D eigenvalue weighted by atomic mass is 16.6. The molecule has 2 aliphatic rings. The lowest BCUT2D eigenvalue weighted by Crippen LogP contribution is -2.37. The molecule has 3 heterocycles. The number of para-hydroxylation sites is 2. The minimum absolute atomic E-state index is 0.297. The zero-order valence-electron chi connectivity index (χ0n) is 13.3. The number of methoxy groups -OCH3 is 1. The summed E-state index contributed by atoms with van der Waals surface area (Å²) in [5.41, 5.74) is 0.120. The molecular formula is C16H17N3O6. The van der Waals surface area contributed by atoms with Gasteiger partial charge in [0, 0.05) is 7.11 Å². The molecule has 0 saturated carbocycles. The van der Waals surface area contributed by atoms with E-state index in [1.807, 2.05) is 18.2 Å². The highest BCUT2D eigenvalue weighted by Crippen LogP contribution is 2.40. The normalized spacial score (nSPS) is 27.2. The van der Waals surface area contributed by atoms with Gasteiger partial charge in [-0.1, -0.05) is 12.1 Å². The van der Waals surface area contributed by atoms with E-state index in [1.165, 1.54) is 17.9 Å². The summed E-state index contributed by atoms with van der Waals surface area (Å²) in [6, 6.07) is 7.27. The molecule has 0 radical (unpaired) electrons. The van der Waals surface area contributed by atoms with Gasteiger partial charge in [0.15, 0.2) is 23.5 Å². The highest BCUT2D eigenvalue weighted by molar-refractivity contribution is 5.72. The van der Waals surface area contributed by atoms with Crippen molar-refractivity contribution in [2.45, 2.75) is 24.5 Å². The molecule has 25 heavy (non-hydrogen) atoms. The van der Waals surface area contributed by atoms with Crippen molar-refractivity contribution in [3.8, 4) is 11.5 Å². The number of anilines is 2. The van der Waals surface area contributed by atoms with E-state index in [-0.39, 0.29) is 0 Å². The predicted molar refractivity (Wildman–Crippen MR) is 86.1 cm³/mol. The summed E-state index contributed by atoms with van der Waals surface area (Å²) in [5, 5.41) is 22.5. The van der Waals surface area contributed by atoms with E-state index in [0.717, 1.165) is 0 Å². The summed E-state index contributed by atoms with van der Waals surface area (Å²) in [7, 11) is 1.40. The topological polar surface area (TPSA) is 115 Å². The van der Waals surface area contributed by atoms with Crippen molar-refractivity contribution in [3.05, 3.63) is 40.9 Å². The van der Waals surface area contributed by atoms with E-state index in [0.29, 0.717) is 23.0 Å². The molecular weight excluding hydrogens is 330 g/mol. The smallest absolute Gasteiger partial charge is 0.351 e. The van der Waals surface area contributed by atoms with Gasteiger partial charge in [-0.25, -0.2) is 4.79 Å². The van der Waals surface area contributed by atoms with Gasteiger partial charge in [0.25, 0.3) is 0 Å². The van der Waals surface area contributed by atoms with Gasteiger partial charge in [-0.2, -0.15) is 4.98 Å². The van der Waals surface area contributed by atoms with E-state index >= 15 is 0 Å². The van der Waals surface area contributed by atoms with Crippen LogP contribution in [0.3, 0.4) is 0 Å². The SMILES string of the molecule is CO[C@@H]1[C@H](O)[C@@H](CO)O[C@H]1n1cc2c(nc1=O)Nc1ccccc1O2. The molecule has 1 saturated heterocycles. The van der Waals surface area contributed by atoms with Gasteiger partial charge in [-0.05, 0) is 12.1 Å². The molecule has 1 fully saturated rings. The van der Waals surface area contributed by atoms with Crippen LogP contribution >= 0.6 is 0 Å². The van der Waals surface area contributed by atoms with E-state index in [2.05, 4.69) is 10.3 Å². The summed E-state index contributed by atoms with van der Waals surface area (Å²) >= 11 is 0. The van der Waals surface area contributed by atoms with Crippen LogP contribution < -0.4 is 15.7 Å². The molecule has 132 valence electrons. The lowest BCUT2D eigenvalue weighted by molar-refractivity contribution is -0.0626. The molecule has 2 aromatic rings. The molecule has 0 unspecified atom stereocenters. The molecule has 0 aliphatic carbocycles. The minimum atomic E-state index is -1.07. The summed E-state index contributed by atoms with van der Waals surface area (Å²) in [4.78, 5) is 16.4. The molecule has 4 rings (SSSR count). The van der Waals surface area contributed by atoms with Crippen LogP contribution in [0, 0.1) is 0 Å². The number of aliphatic hydroxyl groups excluding tert-OH is 2. The summed E-state index contributed by atoms with van der Waals surface area (Å²) in [5.74, 6) is 1.25. The summed E-state index contributed by atoms with van der Waals surface area (Å²) < 4.78 is 17.8. The maximum Gasteiger partial charge on any atom is 0.351 e. The first-order chi connectivity index (χ1) is 12.1. The fourth-order valence-corrected chi connectivity index (χ4v) is 3.05. The van der Waals surface area contributed by atoms with Crippen molar-refractivity contribution in [3.63, 3.8) is 0 Å². The molecule has 0 amide bonds. The van der Waals surface area contributed by atoms with Crippen LogP contribution in [0.25, 0.3) is 0 Å². The Morgan fingerprint density at radius 1 is 1.36 bits per heavy atom. The number of nitrogens with zero attached hydrogens (tertiary/aromatic N) is 2. The monoisotopic (exact) mass is 347 g/mol. The largest absolute Gasteiger partial charge is 0.450 e. The Kier molecular flexibility index (Phi) is 3.92. The van der Waals surface area contributed by atoms with Crippen molar-refractivity contribution in [1.82, 2.24) is 9.55 Å². The lowest BCUT2D eigenvalue weighted by Gasteiger charge is -2.24. The number of aromatic nitrogens is 2. The average Bonchev–Trinajstić information content (AvgIpc) is 2.95. The van der Waals surface area contributed by atoms with E-state index in [4.69, 9.17) is 14.2 Å². The zero-order valence-corrected chi connectivity index (χ0v) is 13.3. The number of fused-ring (bicyclic) bond motifs is 2. The maximum absolute atomic E-state index is 12.4. The maximum atomic E-state index is 12.4. The third-order valence-electron chi connectivity index (χ3n) is 4.32. The van der Waals surface area contributed by atoms with Crippen LogP contribution in [0.1, 0.15) is 6.23 Å². The predicted octanol–water partition coefficient (Wildman–Crippen LogP) is 0.358. The Morgan fingerprint density at radius 3 is 2.92 bits per heavy atom. The second-order valence-electron chi connectivity index (χ2n) is 5.81. The fraction of sp³-hybridized carbons (Fsp3) is 0.375. The molecule has 9 nitrogen and oxygen atoms in total. The Bertz CT molecular complexity index is 854. The van der Waals surface area contributed by atoms with Gasteiger partial charge in [-0.3, -0.25) is 4.57 Å². The van der Waals surface area contributed by atoms with E-state index in [1.54, 1.807) is 6.07 Å². The molecule has 1 aromatic carbocycles. The second kappa shape index (κ2) is 6.12. The van der Waals surface area contributed by atoms with Gasteiger partial charge in [-0.15, -0.1) is 0 Å². The van der Waals surface area contributed by atoms with E-state index < -0.39 is 36.8 Å².